The first-order valence-corrected chi connectivity index (χ1v) is 5.24. The van der Waals surface area contributed by atoms with E-state index < -0.39 is 12.0 Å². The molecule has 0 radical (unpaired) electrons. The van der Waals surface area contributed by atoms with Gasteiger partial charge in [0.05, 0.1) is 13.2 Å². The molecule has 88 valence electrons. The average Bonchev–Trinajstić information content (AvgIpc) is 2.18. The van der Waals surface area contributed by atoms with Crippen LogP contribution in [0.4, 0.5) is 0 Å². The van der Waals surface area contributed by atoms with E-state index in [0.29, 0.717) is 19.6 Å². The molecule has 1 aliphatic heterocycles. The van der Waals surface area contributed by atoms with E-state index in [4.69, 9.17) is 15.6 Å². The summed E-state index contributed by atoms with van der Waals surface area (Å²) < 4.78 is 5.26. The second-order valence-electron chi connectivity index (χ2n) is 4.56. The maximum Gasteiger partial charge on any atom is 0.320 e. The Hall–Kier alpha value is -0.650. The Morgan fingerprint density at radius 2 is 2.07 bits per heavy atom. The molecular weight excluding hydrogens is 196 g/mol. The number of morpholine rings is 1. The number of carboxylic acid groups (broad SMARTS) is 1. The Bertz CT molecular complexity index is 225. The van der Waals surface area contributed by atoms with Crippen molar-refractivity contribution >= 4 is 5.97 Å². The van der Waals surface area contributed by atoms with Crippen LogP contribution >= 0.6 is 0 Å². The molecule has 0 aromatic carbocycles. The molecule has 0 bridgehead atoms. The molecule has 5 heteroatoms. The summed E-state index contributed by atoms with van der Waals surface area (Å²) >= 11 is 0. The van der Waals surface area contributed by atoms with Crippen molar-refractivity contribution in [2.75, 3.05) is 26.3 Å². The van der Waals surface area contributed by atoms with Crippen molar-refractivity contribution in [2.24, 2.45) is 5.73 Å². The number of carbonyl (C=O) groups is 1. The third kappa shape index (κ3) is 3.44. The van der Waals surface area contributed by atoms with Crippen molar-refractivity contribution in [1.82, 2.24) is 4.90 Å². The molecule has 0 spiro atoms. The number of hydrogen-bond donors (Lipinski definition) is 2. The Morgan fingerprint density at radius 1 is 1.53 bits per heavy atom. The molecule has 1 heterocycles. The fraction of sp³-hybridized carbons (Fsp3) is 0.900. The summed E-state index contributed by atoms with van der Waals surface area (Å²) in [4.78, 5) is 12.9. The summed E-state index contributed by atoms with van der Waals surface area (Å²) in [5.41, 5.74) is 5.37. The van der Waals surface area contributed by atoms with E-state index >= 15 is 0 Å². The minimum atomic E-state index is -0.934. The zero-order valence-electron chi connectivity index (χ0n) is 9.40. The smallest absolute Gasteiger partial charge is 0.320 e. The van der Waals surface area contributed by atoms with E-state index in [1.165, 1.54) is 0 Å². The number of hydrogen-bond acceptors (Lipinski definition) is 4. The van der Waals surface area contributed by atoms with Gasteiger partial charge in [0.25, 0.3) is 0 Å². The zero-order valence-corrected chi connectivity index (χ0v) is 9.40. The van der Waals surface area contributed by atoms with Gasteiger partial charge in [0, 0.05) is 18.6 Å². The fourth-order valence-corrected chi connectivity index (χ4v) is 1.92. The van der Waals surface area contributed by atoms with Gasteiger partial charge in [0.15, 0.2) is 0 Å². The Kier molecular flexibility index (Phi) is 4.07. The first kappa shape index (κ1) is 12.4. The lowest BCUT2D eigenvalue weighted by Gasteiger charge is -2.41. The van der Waals surface area contributed by atoms with Gasteiger partial charge < -0.3 is 15.6 Å². The van der Waals surface area contributed by atoms with E-state index in [-0.39, 0.29) is 5.54 Å². The highest BCUT2D eigenvalue weighted by Gasteiger charge is 2.31. The van der Waals surface area contributed by atoms with Crippen LogP contribution in [0, 0.1) is 0 Å². The van der Waals surface area contributed by atoms with E-state index in [0.717, 1.165) is 13.1 Å². The summed E-state index contributed by atoms with van der Waals surface area (Å²) in [7, 11) is 0. The van der Waals surface area contributed by atoms with E-state index in [1.807, 2.05) is 13.8 Å². The molecule has 3 N–H and O–H groups in total. The van der Waals surface area contributed by atoms with Crippen LogP contribution in [0.15, 0.2) is 0 Å². The van der Waals surface area contributed by atoms with Crippen molar-refractivity contribution in [3.8, 4) is 0 Å². The van der Waals surface area contributed by atoms with E-state index in [1.54, 1.807) is 0 Å². The molecule has 1 unspecified atom stereocenters. The standard InChI is InChI=1S/C10H20N2O3/c1-10(2,7-8(11)9(13)14)12-3-5-15-6-4-12/h8H,3-7,11H2,1-2H3,(H,13,14). The van der Waals surface area contributed by atoms with Gasteiger partial charge >= 0.3 is 5.97 Å². The minimum absolute atomic E-state index is 0.179. The molecule has 0 aliphatic carbocycles. The molecule has 15 heavy (non-hydrogen) atoms. The number of nitrogens with two attached hydrogens (primary N) is 1. The van der Waals surface area contributed by atoms with Gasteiger partial charge in [0.1, 0.15) is 6.04 Å². The van der Waals surface area contributed by atoms with Crippen LogP contribution < -0.4 is 5.73 Å². The lowest BCUT2D eigenvalue weighted by Crippen LogP contribution is -2.53. The number of carboxylic acids is 1. The zero-order chi connectivity index (χ0) is 11.5. The van der Waals surface area contributed by atoms with Crippen molar-refractivity contribution in [2.45, 2.75) is 31.8 Å². The van der Waals surface area contributed by atoms with Gasteiger partial charge in [0.2, 0.25) is 0 Å². The van der Waals surface area contributed by atoms with Gasteiger partial charge in [-0.3, -0.25) is 9.69 Å². The first-order chi connectivity index (χ1) is 6.93. The van der Waals surface area contributed by atoms with Crippen LogP contribution in [0.3, 0.4) is 0 Å². The summed E-state index contributed by atoms with van der Waals surface area (Å²) in [6, 6.07) is -0.789. The Labute approximate surface area is 90.2 Å². The highest BCUT2D eigenvalue weighted by atomic mass is 16.5. The topological polar surface area (TPSA) is 75.8 Å². The summed E-state index contributed by atoms with van der Waals surface area (Å²) in [6.45, 7) is 7.18. The monoisotopic (exact) mass is 216 g/mol. The molecule has 5 nitrogen and oxygen atoms in total. The lowest BCUT2D eigenvalue weighted by molar-refractivity contribution is -0.139. The molecule has 1 rings (SSSR count). The van der Waals surface area contributed by atoms with Crippen LogP contribution in [-0.2, 0) is 9.53 Å². The molecule has 0 aromatic heterocycles. The number of aliphatic carboxylic acids is 1. The molecule has 1 saturated heterocycles. The molecular formula is C10H20N2O3. The maximum atomic E-state index is 10.7. The van der Waals surface area contributed by atoms with Crippen LogP contribution in [-0.4, -0.2) is 53.9 Å². The lowest BCUT2D eigenvalue weighted by atomic mass is 9.93. The number of nitrogens with zero attached hydrogens (tertiary/aromatic N) is 1. The predicted molar refractivity (Wildman–Crippen MR) is 56.7 cm³/mol. The second kappa shape index (κ2) is 4.92. The second-order valence-corrected chi connectivity index (χ2v) is 4.56. The quantitative estimate of drug-likeness (QED) is 0.686. The third-order valence-electron chi connectivity index (χ3n) is 2.90. The highest BCUT2D eigenvalue weighted by Crippen LogP contribution is 2.21. The van der Waals surface area contributed by atoms with Gasteiger partial charge in [-0.2, -0.15) is 0 Å². The van der Waals surface area contributed by atoms with E-state index in [9.17, 15) is 4.79 Å². The maximum absolute atomic E-state index is 10.7. The van der Waals surface area contributed by atoms with Crippen LogP contribution in [0.5, 0.6) is 0 Å². The molecule has 1 atom stereocenters. The number of rotatable bonds is 4. The SMILES string of the molecule is CC(C)(CC(N)C(=O)O)N1CCOCC1. The van der Waals surface area contributed by atoms with Crippen molar-refractivity contribution in [1.29, 1.82) is 0 Å². The molecule has 0 amide bonds. The average molecular weight is 216 g/mol. The predicted octanol–water partition coefficient (Wildman–Crippen LogP) is -0.101. The Morgan fingerprint density at radius 3 is 2.53 bits per heavy atom. The Balaban J connectivity index is 2.52. The molecule has 0 aromatic rings. The summed E-state index contributed by atoms with van der Waals surface area (Å²) in [5, 5.41) is 8.78. The van der Waals surface area contributed by atoms with Gasteiger partial charge in [-0.15, -0.1) is 0 Å². The summed E-state index contributed by atoms with van der Waals surface area (Å²) in [5.74, 6) is -0.934. The molecule has 0 saturated carbocycles. The van der Waals surface area contributed by atoms with Gasteiger partial charge in [-0.25, -0.2) is 0 Å². The minimum Gasteiger partial charge on any atom is -0.480 e. The fourth-order valence-electron chi connectivity index (χ4n) is 1.92. The van der Waals surface area contributed by atoms with Crippen LogP contribution in [0.1, 0.15) is 20.3 Å². The third-order valence-corrected chi connectivity index (χ3v) is 2.90. The van der Waals surface area contributed by atoms with Crippen molar-refractivity contribution in [3.05, 3.63) is 0 Å². The highest BCUT2D eigenvalue weighted by molar-refractivity contribution is 5.73. The van der Waals surface area contributed by atoms with Gasteiger partial charge in [-0.05, 0) is 20.3 Å². The summed E-state index contributed by atoms with van der Waals surface area (Å²) in [6.07, 6.45) is 0.461. The van der Waals surface area contributed by atoms with Crippen LogP contribution in [0.2, 0.25) is 0 Å². The first-order valence-electron chi connectivity index (χ1n) is 5.24. The van der Waals surface area contributed by atoms with Gasteiger partial charge in [-0.1, -0.05) is 0 Å². The van der Waals surface area contributed by atoms with Crippen molar-refractivity contribution in [3.63, 3.8) is 0 Å². The molecule has 1 fully saturated rings. The van der Waals surface area contributed by atoms with Crippen molar-refractivity contribution < 1.29 is 14.6 Å². The van der Waals surface area contributed by atoms with E-state index in [2.05, 4.69) is 4.90 Å². The van der Waals surface area contributed by atoms with Crippen LogP contribution in [0.25, 0.3) is 0 Å². The largest absolute Gasteiger partial charge is 0.480 e. The normalized spacial score (nSPS) is 21.3. The molecule has 1 aliphatic rings. The number of ether oxygens (including phenoxy) is 1.